The number of aromatic nitrogens is 7. The van der Waals surface area contributed by atoms with Crippen molar-refractivity contribution in [1.29, 1.82) is 0 Å². The van der Waals surface area contributed by atoms with Crippen LogP contribution in [0.15, 0.2) is 53.7 Å². The molecular weight excluding hydrogens is 467 g/mol. The van der Waals surface area contributed by atoms with E-state index in [1.807, 2.05) is 29.8 Å². The number of hydrogen-bond donors (Lipinski definition) is 4. The average molecular weight is 487 g/mol. The molecule has 0 amide bonds. The molecule has 4 N–H and O–H groups in total. The highest BCUT2D eigenvalue weighted by Crippen LogP contribution is 2.34. The van der Waals surface area contributed by atoms with Crippen LogP contribution in [-0.4, -0.2) is 46.5 Å². The van der Waals surface area contributed by atoms with Gasteiger partial charge in [0, 0.05) is 28.9 Å². The van der Waals surface area contributed by atoms with E-state index in [-0.39, 0.29) is 11.1 Å². The van der Waals surface area contributed by atoms with Crippen LogP contribution in [0.1, 0.15) is 13.3 Å². The molecule has 0 aliphatic rings. The zero-order valence-corrected chi connectivity index (χ0v) is 19.3. The van der Waals surface area contributed by atoms with E-state index in [2.05, 4.69) is 35.5 Å². The molecule has 1 atom stereocenters. The molecule has 0 spiro atoms. The molecule has 6 rings (SSSR count). The van der Waals surface area contributed by atoms with Gasteiger partial charge in [-0.15, -0.1) is 0 Å². The van der Waals surface area contributed by atoms with Gasteiger partial charge in [-0.2, -0.15) is 16.4 Å². The van der Waals surface area contributed by atoms with Crippen molar-refractivity contribution < 1.29 is 9.50 Å². The quantitative estimate of drug-likeness (QED) is 0.245. The number of aliphatic hydroxyl groups is 1. The minimum absolute atomic E-state index is 0.124. The monoisotopic (exact) mass is 486 g/mol. The second-order valence-corrected chi connectivity index (χ2v) is 8.75. The van der Waals surface area contributed by atoms with Crippen LogP contribution >= 0.6 is 11.3 Å². The molecule has 11 heteroatoms. The van der Waals surface area contributed by atoms with E-state index in [1.54, 1.807) is 29.8 Å². The first-order valence-corrected chi connectivity index (χ1v) is 11.9. The number of fused-ring (bicyclic) bond motifs is 2. The predicted octanol–water partition coefficient (Wildman–Crippen LogP) is 4.97. The molecule has 0 saturated carbocycles. The van der Waals surface area contributed by atoms with E-state index in [1.165, 1.54) is 12.4 Å². The van der Waals surface area contributed by atoms with Crippen molar-refractivity contribution in [3.63, 3.8) is 0 Å². The molecule has 9 nitrogen and oxygen atoms in total. The van der Waals surface area contributed by atoms with Gasteiger partial charge in [-0.05, 0) is 30.0 Å². The summed E-state index contributed by atoms with van der Waals surface area (Å²) in [7, 11) is 0. The second kappa shape index (κ2) is 8.53. The molecular formula is C24H19FN8OS. The SMILES string of the molecule is CCC(O)Nc1cncc(-c2ncc3[nH]nc(-c4nc5c(-c6ccsc6)nccc5[nH]4)c3c2F)c1. The fourth-order valence-corrected chi connectivity index (χ4v) is 4.59. The Bertz CT molecular complexity index is 1660. The van der Waals surface area contributed by atoms with Crippen molar-refractivity contribution in [1.82, 2.24) is 35.1 Å². The Labute approximate surface area is 202 Å². The normalized spacial score (nSPS) is 12.4. The van der Waals surface area contributed by atoms with E-state index in [0.717, 1.165) is 16.8 Å². The topological polar surface area (TPSA) is 128 Å². The van der Waals surface area contributed by atoms with Crippen molar-refractivity contribution in [3.05, 3.63) is 59.6 Å². The molecule has 0 aliphatic heterocycles. The van der Waals surface area contributed by atoms with Crippen LogP contribution in [0.4, 0.5) is 10.1 Å². The maximum absolute atomic E-state index is 15.9. The Balaban J connectivity index is 1.47. The highest BCUT2D eigenvalue weighted by Gasteiger charge is 2.21. The Hall–Kier alpha value is -4.22. The number of anilines is 1. The third kappa shape index (κ3) is 3.70. The summed E-state index contributed by atoms with van der Waals surface area (Å²) < 4.78 is 15.9. The van der Waals surface area contributed by atoms with E-state index >= 15 is 4.39 Å². The van der Waals surface area contributed by atoms with Gasteiger partial charge in [0.05, 0.1) is 40.2 Å². The van der Waals surface area contributed by atoms with Crippen molar-refractivity contribution in [3.8, 4) is 34.0 Å². The van der Waals surface area contributed by atoms with Crippen LogP contribution in [-0.2, 0) is 0 Å². The number of halogens is 1. The van der Waals surface area contributed by atoms with E-state index in [9.17, 15) is 5.11 Å². The average Bonchev–Trinajstić information content (AvgIpc) is 3.63. The largest absolute Gasteiger partial charge is 0.374 e. The second-order valence-electron chi connectivity index (χ2n) is 7.97. The van der Waals surface area contributed by atoms with Crippen molar-refractivity contribution >= 4 is 39.0 Å². The van der Waals surface area contributed by atoms with Crippen LogP contribution < -0.4 is 5.32 Å². The fraction of sp³-hybridized carbons (Fsp3) is 0.125. The van der Waals surface area contributed by atoms with Crippen LogP contribution in [0.2, 0.25) is 0 Å². The van der Waals surface area contributed by atoms with Crippen LogP contribution in [0.5, 0.6) is 0 Å². The van der Waals surface area contributed by atoms with Crippen molar-refractivity contribution in [2.45, 2.75) is 19.6 Å². The third-order valence-electron chi connectivity index (χ3n) is 5.70. The number of H-pyrrole nitrogens is 2. The van der Waals surface area contributed by atoms with E-state index < -0.39 is 12.0 Å². The maximum Gasteiger partial charge on any atom is 0.161 e. The zero-order valence-electron chi connectivity index (χ0n) is 18.5. The summed E-state index contributed by atoms with van der Waals surface area (Å²) in [5.74, 6) is -0.121. The van der Waals surface area contributed by atoms with Gasteiger partial charge in [0.25, 0.3) is 0 Å². The highest BCUT2D eigenvalue weighted by molar-refractivity contribution is 7.08. The zero-order chi connectivity index (χ0) is 23.9. The Morgan fingerprint density at radius 1 is 1.09 bits per heavy atom. The smallest absolute Gasteiger partial charge is 0.161 e. The number of nitrogens with one attached hydrogen (secondary N) is 3. The molecule has 0 fully saturated rings. The van der Waals surface area contributed by atoms with Gasteiger partial charge in [-0.1, -0.05) is 6.92 Å². The summed E-state index contributed by atoms with van der Waals surface area (Å²) in [6.07, 6.45) is 6.13. The molecule has 0 bridgehead atoms. The Kier molecular flexibility index (Phi) is 5.20. The minimum atomic E-state index is -0.727. The first-order chi connectivity index (χ1) is 17.1. The number of rotatable bonds is 6. The van der Waals surface area contributed by atoms with Gasteiger partial charge in [0.2, 0.25) is 0 Å². The minimum Gasteiger partial charge on any atom is -0.374 e. The van der Waals surface area contributed by atoms with Crippen molar-refractivity contribution in [2.75, 3.05) is 5.32 Å². The van der Waals surface area contributed by atoms with E-state index in [4.69, 9.17) is 4.98 Å². The molecule has 0 saturated heterocycles. The lowest BCUT2D eigenvalue weighted by molar-refractivity contribution is 0.199. The predicted molar refractivity (Wildman–Crippen MR) is 133 cm³/mol. The summed E-state index contributed by atoms with van der Waals surface area (Å²) in [4.78, 5) is 20.9. The number of imidazole rings is 1. The van der Waals surface area contributed by atoms with Gasteiger partial charge in [-0.25, -0.2) is 9.37 Å². The standard InChI is InChI=1S/C24H19FN8OS/c1-2-17(34)29-14-7-13(8-26-9-14)20-19(25)18-16(10-28-20)32-33-23(18)24-30-15-3-5-27-21(22(15)31-24)12-4-6-35-11-12/h3-11,17,29,34H,2H2,1H3,(H,30,31)(H,32,33). The maximum atomic E-state index is 15.9. The highest BCUT2D eigenvalue weighted by atomic mass is 32.1. The van der Waals surface area contributed by atoms with Gasteiger partial charge >= 0.3 is 0 Å². The molecule has 35 heavy (non-hydrogen) atoms. The van der Waals surface area contributed by atoms with Gasteiger partial charge in [-0.3, -0.25) is 20.1 Å². The molecule has 6 aromatic heterocycles. The summed E-state index contributed by atoms with van der Waals surface area (Å²) >= 11 is 1.58. The molecule has 0 aromatic carbocycles. The fourth-order valence-electron chi connectivity index (χ4n) is 3.95. The van der Waals surface area contributed by atoms with E-state index in [0.29, 0.717) is 40.2 Å². The molecule has 0 aliphatic carbocycles. The summed E-state index contributed by atoms with van der Waals surface area (Å²) in [6.45, 7) is 1.85. The number of aliphatic hydroxyl groups excluding tert-OH is 1. The number of thiophene rings is 1. The summed E-state index contributed by atoms with van der Waals surface area (Å²) in [5, 5.41) is 24.3. The first kappa shape index (κ1) is 21.3. The molecule has 0 radical (unpaired) electrons. The Morgan fingerprint density at radius 2 is 2.00 bits per heavy atom. The lowest BCUT2D eigenvalue weighted by Gasteiger charge is -2.12. The number of aromatic amines is 2. The number of hydrogen-bond acceptors (Lipinski definition) is 8. The molecule has 6 aromatic rings. The van der Waals surface area contributed by atoms with Crippen LogP contribution in [0.3, 0.4) is 0 Å². The van der Waals surface area contributed by atoms with Gasteiger partial charge in [0.1, 0.15) is 23.1 Å². The van der Waals surface area contributed by atoms with Crippen molar-refractivity contribution in [2.24, 2.45) is 0 Å². The third-order valence-corrected chi connectivity index (χ3v) is 6.38. The first-order valence-electron chi connectivity index (χ1n) is 10.9. The Morgan fingerprint density at radius 3 is 2.83 bits per heavy atom. The van der Waals surface area contributed by atoms with Gasteiger partial charge < -0.3 is 15.4 Å². The number of pyridine rings is 3. The summed E-state index contributed by atoms with van der Waals surface area (Å²) in [6, 6.07) is 5.51. The summed E-state index contributed by atoms with van der Waals surface area (Å²) in [5.41, 5.74) is 5.13. The lowest BCUT2D eigenvalue weighted by atomic mass is 10.1. The molecule has 6 heterocycles. The molecule has 174 valence electrons. The van der Waals surface area contributed by atoms with Crippen LogP contribution in [0, 0.1) is 5.82 Å². The van der Waals surface area contributed by atoms with Crippen LogP contribution in [0.25, 0.3) is 56.0 Å². The number of nitrogens with zero attached hydrogens (tertiary/aromatic N) is 5. The van der Waals surface area contributed by atoms with Gasteiger partial charge in [0.15, 0.2) is 11.6 Å². The molecule has 1 unspecified atom stereocenters. The lowest BCUT2D eigenvalue weighted by Crippen LogP contribution is -2.17.